The van der Waals surface area contributed by atoms with Crippen LogP contribution in [0.4, 0.5) is 0 Å². The molecule has 0 fully saturated rings. The Labute approximate surface area is 110 Å². The minimum absolute atomic E-state index is 0.257. The van der Waals surface area contributed by atoms with Crippen LogP contribution in [0.3, 0.4) is 0 Å². The molecule has 0 aliphatic rings. The van der Waals surface area contributed by atoms with Gasteiger partial charge in [0, 0.05) is 14.3 Å². The fraction of sp³-hybridized carbons (Fsp3) is 0. The van der Waals surface area contributed by atoms with E-state index in [4.69, 9.17) is 10.7 Å². The Balaban J connectivity index is 2.43. The maximum atomic E-state index is 11.0. The number of rotatable bonds is 2. The highest BCUT2D eigenvalue weighted by Gasteiger charge is 2.15. The molecule has 0 N–H and O–H groups in total. The molecule has 0 saturated heterocycles. The molecule has 0 spiro atoms. The van der Waals surface area contributed by atoms with Crippen LogP contribution in [-0.2, 0) is 9.05 Å². The average molecular weight is 370 g/mol. The molecule has 1 aromatic heterocycles. The van der Waals surface area contributed by atoms with Crippen molar-refractivity contribution in [3.63, 3.8) is 0 Å². The molecule has 84 valence electrons. The molecule has 1 heterocycles. The van der Waals surface area contributed by atoms with Crippen LogP contribution in [0.2, 0.25) is 0 Å². The van der Waals surface area contributed by atoms with Crippen LogP contribution in [-0.4, -0.2) is 23.4 Å². The van der Waals surface area contributed by atoms with Gasteiger partial charge in [0.1, 0.15) is 0 Å². The molecular weight excluding hydrogens is 365 g/mol. The van der Waals surface area contributed by atoms with E-state index < -0.39 is 9.05 Å². The van der Waals surface area contributed by atoms with Gasteiger partial charge in [-0.25, -0.2) is 13.1 Å². The van der Waals surface area contributed by atoms with E-state index in [2.05, 4.69) is 32.9 Å². The van der Waals surface area contributed by atoms with Crippen LogP contribution in [0.25, 0.3) is 5.69 Å². The van der Waals surface area contributed by atoms with Crippen molar-refractivity contribution < 1.29 is 8.42 Å². The summed E-state index contributed by atoms with van der Waals surface area (Å²) in [6, 6.07) is 7.38. The van der Waals surface area contributed by atoms with Crippen molar-refractivity contribution in [2.24, 2.45) is 0 Å². The predicted octanol–water partition coefficient (Wildman–Crippen LogP) is 1.80. The molecule has 5 nitrogen and oxygen atoms in total. The SMILES string of the molecule is O=S(=O)(Cl)c1cn(-c2ccc(I)cc2)nn1. The van der Waals surface area contributed by atoms with Crippen molar-refractivity contribution in [1.82, 2.24) is 15.0 Å². The van der Waals surface area contributed by atoms with Gasteiger partial charge in [-0.1, -0.05) is 5.21 Å². The minimum atomic E-state index is -3.82. The number of aromatic nitrogens is 3. The summed E-state index contributed by atoms with van der Waals surface area (Å²) in [5.74, 6) is 0. The zero-order chi connectivity index (χ0) is 11.8. The Morgan fingerprint density at radius 1 is 1.25 bits per heavy atom. The smallest absolute Gasteiger partial charge is 0.219 e. The zero-order valence-corrected chi connectivity index (χ0v) is 11.4. The lowest BCUT2D eigenvalue weighted by atomic mass is 10.3. The van der Waals surface area contributed by atoms with Gasteiger partial charge in [-0.05, 0) is 46.9 Å². The summed E-state index contributed by atoms with van der Waals surface area (Å²) in [5, 5.41) is 6.90. The number of hydrogen-bond acceptors (Lipinski definition) is 4. The van der Waals surface area contributed by atoms with Gasteiger partial charge in [-0.3, -0.25) is 0 Å². The number of benzene rings is 1. The molecule has 1 aromatic carbocycles. The Bertz CT molecular complexity index is 608. The van der Waals surface area contributed by atoms with Crippen LogP contribution in [0.5, 0.6) is 0 Å². The molecule has 2 aromatic rings. The van der Waals surface area contributed by atoms with E-state index in [9.17, 15) is 8.42 Å². The third-order valence-electron chi connectivity index (χ3n) is 1.81. The first-order chi connectivity index (χ1) is 7.47. The van der Waals surface area contributed by atoms with Crippen molar-refractivity contribution in [3.05, 3.63) is 34.0 Å². The van der Waals surface area contributed by atoms with Crippen molar-refractivity contribution in [3.8, 4) is 5.69 Å². The highest BCUT2D eigenvalue weighted by Crippen LogP contribution is 2.14. The predicted molar refractivity (Wildman–Crippen MR) is 67.1 cm³/mol. The molecule has 2 rings (SSSR count). The zero-order valence-electron chi connectivity index (χ0n) is 7.71. The normalized spacial score (nSPS) is 11.6. The van der Waals surface area contributed by atoms with E-state index in [-0.39, 0.29) is 5.03 Å². The van der Waals surface area contributed by atoms with Crippen molar-refractivity contribution in [2.45, 2.75) is 5.03 Å². The maximum Gasteiger partial charge on any atom is 0.282 e. The molecule has 0 aliphatic heterocycles. The maximum absolute atomic E-state index is 11.0. The summed E-state index contributed by atoms with van der Waals surface area (Å²) in [6.45, 7) is 0. The Kier molecular flexibility index (Phi) is 3.17. The Morgan fingerprint density at radius 2 is 1.88 bits per heavy atom. The van der Waals surface area contributed by atoms with E-state index >= 15 is 0 Å². The lowest BCUT2D eigenvalue weighted by molar-refractivity contribution is 0.605. The quantitative estimate of drug-likeness (QED) is 0.598. The van der Waals surface area contributed by atoms with Crippen LogP contribution in [0, 0.1) is 3.57 Å². The molecule has 0 aliphatic carbocycles. The van der Waals surface area contributed by atoms with Crippen molar-refractivity contribution >= 4 is 42.3 Å². The molecule has 0 unspecified atom stereocenters. The van der Waals surface area contributed by atoms with Gasteiger partial charge in [0.15, 0.2) is 0 Å². The van der Waals surface area contributed by atoms with Gasteiger partial charge in [0.2, 0.25) is 5.03 Å². The van der Waals surface area contributed by atoms with Gasteiger partial charge in [-0.2, -0.15) is 0 Å². The van der Waals surface area contributed by atoms with Gasteiger partial charge in [0.05, 0.1) is 11.9 Å². The molecule has 0 saturated carbocycles. The second-order valence-corrected chi connectivity index (χ2v) is 6.67. The molecule has 0 atom stereocenters. The third kappa shape index (κ3) is 2.53. The number of halogens is 2. The highest BCUT2D eigenvalue weighted by molar-refractivity contribution is 14.1. The van der Waals surface area contributed by atoms with E-state index in [1.165, 1.54) is 10.9 Å². The summed E-state index contributed by atoms with van der Waals surface area (Å²) in [7, 11) is 1.32. The summed E-state index contributed by atoms with van der Waals surface area (Å²) in [6.07, 6.45) is 1.27. The second kappa shape index (κ2) is 4.30. The van der Waals surface area contributed by atoms with Crippen LogP contribution >= 0.6 is 33.3 Å². The van der Waals surface area contributed by atoms with Gasteiger partial charge >= 0.3 is 0 Å². The van der Waals surface area contributed by atoms with Gasteiger partial charge in [0.25, 0.3) is 9.05 Å². The van der Waals surface area contributed by atoms with Crippen molar-refractivity contribution in [1.29, 1.82) is 0 Å². The van der Waals surface area contributed by atoms with Gasteiger partial charge < -0.3 is 0 Å². The fourth-order valence-corrected chi connectivity index (χ4v) is 2.01. The van der Waals surface area contributed by atoms with Crippen LogP contribution < -0.4 is 0 Å². The van der Waals surface area contributed by atoms with E-state index in [1.54, 1.807) is 12.1 Å². The first-order valence-corrected chi connectivity index (χ1v) is 7.48. The fourth-order valence-electron chi connectivity index (χ4n) is 1.08. The summed E-state index contributed by atoms with van der Waals surface area (Å²) >= 11 is 2.17. The van der Waals surface area contributed by atoms with Crippen LogP contribution in [0.15, 0.2) is 35.5 Å². The molecule has 0 amide bonds. The Hall–Kier alpha value is -0.670. The third-order valence-corrected chi connectivity index (χ3v) is 3.69. The summed E-state index contributed by atoms with van der Waals surface area (Å²) in [4.78, 5) is 0. The molecule has 8 heteroatoms. The minimum Gasteiger partial charge on any atom is -0.219 e. The van der Waals surface area contributed by atoms with E-state index in [0.29, 0.717) is 0 Å². The first-order valence-electron chi connectivity index (χ1n) is 4.10. The second-order valence-electron chi connectivity index (χ2n) is 2.92. The van der Waals surface area contributed by atoms with Crippen molar-refractivity contribution in [2.75, 3.05) is 0 Å². The first kappa shape index (κ1) is 11.8. The molecular formula is C8H5ClIN3O2S. The highest BCUT2D eigenvalue weighted by atomic mass is 127. The Morgan fingerprint density at radius 3 is 2.38 bits per heavy atom. The lowest BCUT2D eigenvalue weighted by Crippen LogP contribution is -1.94. The van der Waals surface area contributed by atoms with Crippen LogP contribution in [0.1, 0.15) is 0 Å². The average Bonchev–Trinajstić information content (AvgIpc) is 2.67. The number of nitrogens with zero attached hydrogens (tertiary/aromatic N) is 3. The largest absolute Gasteiger partial charge is 0.282 e. The monoisotopic (exact) mass is 369 g/mol. The molecule has 0 bridgehead atoms. The van der Waals surface area contributed by atoms with Gasteiger partial charge in [-0.15, -0.1) is 5.10 Å². The summed E-state index contributed by atoms with van der Waals surface area (Å²) in [5.41, 5.74) is 0.722. The number of hydrogen-bond donors (Lipinski definition) is 0. The van der Waals surface area contributed by atoms with E-state index in [1.807, 2.05) is 12.1 Å². The molecule has 0 radical (unpaired) electrons. The van der Waals surface area contributed by atoms with E-state index in [0.717, 1.165) is 9.26 Å². The lowest BCUT2D eigenvalue weighted by Gasteiger charge is -1.98. The standard InChI is InChI=1S/C8H5ClIN3O2S/c9-16(14,15)8-5-13(12-11-8)7-3-1-6(10)2-4-7/h1-5H. The topological polar surface area (TPSA) is 64.8 Å². The molecule has 16 heavy (non-hydrogen) atoms. The summed E-state index contributed by atoms with van der Waals surface area (Å²) < 4.78 is 24.4.